The number of carbonyl (C=O) groups excluding carboxylic acids is 1. The van der Waals surface area contributed by atoms with E-state index >= 15 is 0 Å². The Balaban J connectivity index is 1.35. The minimum atomic E-state index is -0.989. The van der Waals surface area contributed by atoms with Crippen molar-refractivity contribution in [2.75, 3.05) is 6.54 Å². The van der Waals surface area contributed by atoms with E-state index < -0.39 is 6.09 Å². The normalized spacial score (nSPS) is 12.0. The van der Waals surface area contributed by atoms with Crippen LogP contribution in [0.2, 0.25) is 0 Å². The second kappa shape index (κ2) is 12.4. The third-order valence-corrected chi connectivity index (χ3v) is 7.26. The summed E-state index contributed by atoms with van der Waals surface area (Å²) in [6.45, 7) is 0.631. The number of fused-ring (bicyclic) bond motifs is 1. The molecule has 0 saturated carbocycles. The van der Waals surface area contributed by atoms with Crippen LogP contribution in [0.4, 0.5) is 4.79 Å². The number of nitrogens with zero attached hydrogens (tertiary/aromatic N) is 1. The molecule has 1 unspecified atom stereocenters. The number of benzene rings is 4. The number of ketones is 1. The van der Waals surface area contributed by atoms with Gasteiger partial charge < -0.3 is 10.4 Å². The maximum absolute atomic E-state index is 13.7. The fourth-order valence-corrected chi connectivity index (χ4v) is 5.32. The quantitative estimate of drug-likeness (QED) is 0.144. The van der Waals surface area contributed by atoms with Gasteiger partial charge in [0.15, 0.2) is 5.78 Å². The zero-order chi connectivity index (χ0) is 27.0. The summed E-state index contributed by atoms with van der Waals surface area (Å²) in [5, 5.41) is 14.1. The Bertz CT molecular complexity index is 1490. The van der Waals surface area contributed by atoms with E-state index in [1.807, 2.05) is 91.0 Å². The van der Waals surface area contributed by atoms with Gasteiger partial charge in [-0.05, 0) is 48.6 Å². The molecule has 1 aromatic heterocycles. The van der Waals surface area contributed by atoms with E-state index in [-0.39, 0.29) is 17.7 Å². The Hall–Kier alpha value is -4.48. The molecule has 0 aliphatic heterocycles. The zero-order valence-corrected chi connectivity index (χ0v) is 21.7. The van der Waals surface area contributed by atoms with Crippen molar-refractivity contribution in [3.63, 3.8) is 0 Å². The zero-order valence-electron chi connectivity index (χ0n) is 21.7. The summed E-state index contributed by atoms with van der Waals surface area (Å²) in [6.07, 6.45) is 2.83. The van der Waals surface area contributed by atoms with E-state index in [1.54, 1.807) is 6.20 Å². The van der Waals surface area contributed by atoms with Gasteiger partial charge in [-0.2, -0.15) is 0 Å². The van der Waals surface area contributed by atoms with Gasteiger partial charge in [0.1, 0.15) is 0 Å². The lowest BCUT2D eigenvalue weighted by atomic mass is 9.84. The SMILES string of the molecule is O=C(c1ccccc1)C(CC(c1ccccc1)c1ccccc1)NCCCc1cn(C(=O)O)c2ccccc12. The van der Waals surface area contributed by atoms with E-state index in [1.165, 1.54) is 15.7 Å². The van der Waals surface area contributed by atoms with Crippen LogP contribution in [0.1, 0.15) is 45.8 Å². The lowest BCUT2D eigenvalue weighted by Crippen LogP contribution is -2.39. The van der Waals surface area contributed by atoms with Crippen molar-refractivity contribution < 1.29 is 14.7 Å². The van der Waals surface area contributed by atoms with Gasteiger partial charge in [-0.1, -0.05) is 109 Å². The molecule has 39 heavy (non-hydrogen) atoms. The molecule has 196 valence electrons. The van der Waals surface area contributed by atoms with Gasteiger partial charge in [-0.3, -0.25) is 9.36 Å². The average molecular weight is 517 g/mol. The lowest BCUT2D eigenvalue weighted by molar-refractivity contribution is 0.0935. The number of para-hydroxylation sites is 1. The Morgan fingerprint density at radius 2 is 1.31 bits per heavy atom. The standard InChI is InChI=1S/C34H32N2O3/c37-33(27-17-8-3-9-18-27)31(23-30(25-13-4-1-5-14-25)26-15-6-2-7-16-26)35-22-12-19-28-24-36(34(38)39)32-21-11-10-20-29(28)32/h1-11,13-18,20-21,24,30-31,35H,12,19,22-23H2,(H,38,39). The first-order valence-corrected chi connectivity index (χ1v) is 13.4. The topological polar surface area (TPSA) is 71.3 Å². The summed E-state index contributed by atoms with van der Waals surface area (Å²) in [6, 6.07) is 37.3. The Labute approximate surface area is 228 Å². The maximum atomic E-state index is 13.7. The number of carboxylic acid groups (broad SMARTS) is 1. The fourth-order valence-electron chi connectivity index (χ4n) is 5.32. The van der Waals surface area contributed by atoms with E-state index in [0.29, 0.717) is 30.5 Å². The van der Waals surface area contributed by atoms with Crippen LogP contribution in [-0.4, -0.2) is 34.1 Å². The second-order valence-electron chi connectivity index (χ2n) is 9.77. The predicted octanol–water partition coefficient (Wildman–Crippen LogP) is 7.16. The number of nitrogens with one attached hydrogen (secondary N) is 1. The molecule has 1 heterocycles. The molecular weight excluding hydrogens is 484 g/mol. The van der Waals surface area contributed by atoms with E-state index in [9.17, 15) is 14.7 Å². The molecule has 4 aromatic carbocycles. The van der Waals surface area contributed by atoms with Crippen molar-refractivity contribution in [3.05, 3.63) is 144 Å². The van der Waals surface area contributed by atoms with Gasteiger partial charge in [-0.25, -0.2) is 4.79 Å². The molecule has 0 aliphatic rings. The van der Waals surface area contributed by atoms with Crippen molar-refractivity contribution in [2.45, 2.75) is 31.2 Å². The fraction of sp³-hybridized carbons (Fsp3) is 0.176. The van der Waals surface area contributed by atoms with Gasteiger partial charge in [0.25, 0.3) is 0 Å². The summed E-state index contributed by atoms with van der Waals surface area (Å²) in [4.78, 5) is 25.4. The number of hydrogen-bond acceptors (Lipinski definition) is 3. The molecule has 5 aromatic rings. The molecule has 0 aliphatic carbocycles. The number of rotatable bonds is 11. The molecule has 0 bridgehead atoms. The molecule has 5 rings (SSSR count). The summed E-state index contributed by atoms with van der Waals surface area (Å²) in [5.74, 6) is 0.140. The van der Waals surface area contributed by atoms with Gasteiger partial charge >= 0.3 is 6.09 Å². The van der Waals surface area contributed by atoms with Crippen LogP contribution in [0.15, 0.2) is 121 Å². The van der Waals surface area contributed by atoms with Crippen LogP contribution in [0, 0.1) is 0 Å². The number of aryl methyl sites for hydroxylation is 1. The molecular formula is C34H32N2O3. The Morgan fingerprint density at radius 1 is 0.744 bits per heavy atom. The summed E-state index contributed by atoms with van der Waals surface area (Å²) in [5.41, 5.74) is 4.74. The van der Waals surface area contributed by atoms with Gasteiger partial charge in [0.05, 0.1) is 11.6 Å². The third-order valence-electron chi connectivity index (χ3n) is 7.26. The van der Waals surface area contributed by atoms with Crippen LogP contribution >= 0.6 is 0 Å². The first-order valence-electron chi connectivity index (χ1n) is 13.4. The number of carbonyl (C=O) groups is 2. The highest BCUT2D eigenvalue weighted by Gasteiger charge is 2.26. The highest BCUT2D eigenvalue weighted by atomic mass is 16.4. The Morgan fingerprint density at radius 3 is 1.92 bits per heavy atom. The van der Waals surface area contributed by atoms with E-state index in [2.05, 4.69) is 29.6 Å². The molecule has 5 heteroatoms. The highest BCUT2D eigenvalue weighted by Crippen LogP contribution is 2.30. The van der Waals surface area contributed by atoms with E-state index in [4.69, 9.17) is 0 Å². The minimum absolute atomic E-state index is 0.0612. The molecule has 5 nitrogen and oxygen atoms in total. The van der Waals surface area contributed by atoms with Crippen molar-refractivity contribution in [3.8, 4) is 0 Å². The third kappa shape index (κ3) is 6.16. The molecule has 0 fully saturated rings. The van der Waals surface area contributed by atoms with Crippen LogP contribution in [0.25, 0.3) is 10.9 Å². The van der Waals surface area contributed by atoms with Crippen molar-refractivity contribution in [1.29, 1.82) is 0 Å². The number of Topliss-reactive ketones (excluding diaryl/α,β-unsaturated/α-hetero) is 1. The largest absolute Gasteiger partial charge is 0.464 e. The Kier molecular flexibility index (Phi) is 8.29. The summed E-state index contributed by atoms with van der Waals surface area (Å²) >= 11 is 0. The molecule has 2 N–H and O–H groups in total. The van der Waals surface area contributed by atoms with Gasteiger partial charge in [-0.15, -0.1) is 0 Å². The predicted molar refractivity (Wildman–Crippen MR) is 156 cm³/mol. The number of hydrogen-bond donors (Lipinski definition) is 2. The van der Waals surface area contributed by atoms with Crippen molar-refractivity contribution in [2.24, 2.45) is 0 Å². The maximum Gasteiger partial charge on any atom is 0.416 e. The van der Waals surface area contributed by atoms with Crippen LogP contribution < -0.4 is 5.32 Å². The molecule has 0 radical (unpaired) electrons. The molecule has 0 spiro atoms. The molecule has 0 amide bonds. The average Bonchev–Trinajstić information content (AvgIpc) is 3.37. The first-order chi connectivity index (χ1) is 19.1. The van der Waals surface area contributed by atoms with Crippen LogP contribution in [-0.2, 0) is 6.42 Å². The monoisotopic (exact) mass is 516 g/mol. The second-order valence-corrected chi connectivity index (χ2v) is 9.77. The highest BCUT2D eigenvalue weighted by molar-refractivity contribution is 6.00. The minimum Gasteiger partial charge on any atom is -0.464 e. The van der Waals surface area contributed by atoms with E-state index in [0.717, 1.165) is 17.4 Å². The lowest BCUT2D eigenvalue weighted by Gasteiger charge is -2.25. The number of aromatic nitrogens is 1. The van der Waals surface area contributed by atoms with Gasteiger partial charge in [0.2, 0.25) is 0 Å². The van der Waals surface area contributed by atoms with Gasteiger partial charge in [0, 0.05) is 23.1 Å². The first kappa shape index (κ1) is 26.1. The van der Waals surface area contributed by atoms with Crippen LogP contribution in [0.5, 0.6) is 0 Å². The smallest absolute Gasteiger partial charge is 0.416 e. The summed E-state index contributed by atoms with van der Waals surface area (Å²) in [7, 11) is 0. The molecule has 0 saturated heterocycles. The van der Waals surface area contributed by atoms with Crippen molar-refractivity contribution >= 4 is 22.8 Å². The molecule has 1 atom stereocenters. The summed E-state index contributed by atoms with van der Waals surface area (Å²) < 4.78 is 1.28. The van der Waals surface area contributed by atoms with Crippen molar-refractivity contribution in [1.82, 2.24) is 9.88 Å². The van der Waals surface area contributed by atoms with Crippen LogP contribution in [0.3, 0.4) is 0 Å².